The minimum atomic E-state index is -0.212. The lowest BCUT2D eigenvalue weighted by Crippen LogP contribution is -2.29. The second kappa shape index (κ2) is 4.78. The van der Waals surface area contributed by atoms with Gasteiger partial charge in [0.25, 0.3) is 11.5 Å². The summed E-state index contributed by atoms with van der Waals surface area (Å²) in [7, 11) is 0. The van der Waals surface area contributed by atoms with E-state index in [9.17, 15) is 14.4 Å². The molecule has 1 aliphatic heterocycles. The van der Waals surface area contributed by atoms with Crippen LogP contribution in [-0.2, 0) is 0 Å². The number of likely N-dealkylation sites (tertiary alicyclic amines) is 1. The first-order valence-corrected chi connectivity index (χ1v) is 7.13. The molecule has 1 unspecified atom stereocenters. The fraction of sp³-hybridized carbons (Fsp3) is 0.417. The molecular formula is C12H14N4O3S. The molecule has 3 rings (SSSR count). The Labute approximate surface area is 117 Å². The monoisotopic (exact) mass is 294 g/mol. The van der Waals surface area contributed by atoms with Gasteiger partial charge in [-0.15, -0.1) is 0 Å². The van der Waals surface area contributed by atoms with Gasteiger partial charge in [0.05, 0.1) is 0 Å². The molecule has 106 valence electrons. The maximum absolute atomic E-state index is 12.3. The van der Waals surface area contributed by atoms with E-state index in [0.717, 1.165) is 23.5 Å². The van der Waals surface area contributed by atoms with E-state index in [0.29, 0.717) is 23.7 Å². The predicted octanol–water partition coefficient (Wildman–Crippen LogP) is 0.391. The summed E-state index contributed by atoms with van der Waals surface area (Å²) in [5.74, 6) is -0.0233. The van der Waals surface area contributed by atoms with Gasteiger partial charge in [-0.3, -0.25) is 19.5 Å². The Balaban J connectivity index is 1.77. The van der Waals surface area contributed by atoms with Crippen LogP contribution in [0.5, 0.6) is 0 Å². The highest BCUT2D eigenvalue weighted by molar-refractivity contribution is 7.09. The molecule has 3 N–H and O–H groups in total. The van der Waals surface area contributed by atoms with Gasteiger partial charge in [0.2, 0.25) is 0 Å². The molecule has 0 bridgehead atoms. The largest absolute Gasteiger partial charge is 0.337 e. The van der Waals surface area contributed by atoms with Crippen LogP contribution in [0.25, 0.3) is 0 Å². The number of aromatic nitrogens is 3. The van der Waals surface area contributed by atoms with Gasteiger partial charge in [0, 0.05) is 35.6 Å². The standard InChI is InChI=1S/C12H14N4O3S/c1-6-10(13-12(19)20-6)11(18)16-3-2-7(5-16)8-4-9(17)15-14-8/h4,7H,2-3,5H2,1H3,(H,13,19)(H2,14,15,17). The molecule has 0 spiro atoms. The maximum Gasteiger partial charge on any atom is 0.305 e. The molecule has 2 aromatic rings. The third kappa shape index (κ3) is 2.22. The molecule has 0 saturated carbocycles. The molecule has 0 radical (unpaired) electrons. The van der Waals surface area contributed by atoms with E-state index >= 15 is 0 Å². The average Bonchev–Trinajstić information content (AvgIpc) is 3.08. The van der Waals surface area contributed by atoms with Gasteiger partial charge in [0.1, 0.15) is 5.69 Å². The van der Waals surface area contributed by atoms with E-state index in [1.165, 1.54) is 6.07 Å². The van der Waals surface area contributed by atoms with Crippen molar-refractivity contribution in [1.82, 2.24) is 20.1 Å². The third-order valence-electron chi connectivity index (χ3n) is 3.57. The molecule has 3 heterocycles. The molecule has 1 amide bonds. The second-order valence-electron chi connectivity index (χ2n) is 4.90. The minimum absolute atomic E-state index is 0.128. The minimum Gasteiger partial charge on any atom is -0.337 e. The summed E-state index contributed by atoms with van der Waals surface area (Å²) >= 11 is 1.05. The van der Waals surface area contributed by atoms with E-state index in [2.05, 4.69) is 15.2 Å². The molecule has 0 aliphatic carbocycles. The normalized spacial score (nSPS) is 18.6. The summed E-state index contributed by atoms with van der Waals surface area (Å²) in [6, 6.07) is 1.52. The van der Waals surface area contributed by atoms with Crippen LogP contribution in [0.4, 0.5) is 0 Å². The van der Waals surface area contributed by atoms with E-state index in [1.54, 1.807) is 11.8 Å². The molecule has 7 nitrogen and oxygen atoms in total. The number of nitrogens with one attached hydrogen (secondary N) is 3. The van der Waals surface area contributed by atoms with Gasteiger partial charge in [0.15, 0.2) is 0 Å². The van der Waals surface area contributed by atoms with Crippen molar-refractivity contribution in [2.45, 2.75) is 19.3 Å². The highest BCUT2D eigenvalue weighted by Gasteiger charge is 2.30. The van der Waals surface area contributed by atoms with E-state index < -0.39 is 0 Å². The Morgan fingerprint density at radius 3 is 2.80 bits per heavy atom. The Kier molecular flexibility index (Phi) is 3.09. The number of aryl methyl sites for hydroxylation is 1. The first-order chi connectivity index (χ1) is 9.54. The molecule has 20 heavy (non-hydrogen) atoms. The average molecular weight is 294 g/mol. The number of hydrogen-bond acceptors (Lipinski definition) is 4. The molecule has 1 saturated heterocycles. The van der Waals surface area contributed by atoms with E-state index in [1.807, 2.05) is 0 Å². The molecule has 1 fully saturated rings. The number of carbonyl (C=O) groups excluding carboxylic acids is 1. The van der Waals surface area contributed by atoms with Gasteiger partial charge in [-0.2, -0.15) is 0 Å². The Morgan fingerprint density at radius 1 is 1.40 bits per heavy atom. The lowest BCUT2D eigenvalue weighted by Gasteiger charge is -2.15. The van der Waals surface area contributed by atoms with Crippen LogP contribution in [0, 0.1) is 6.92 Å². The number of nitrogens with zero attached hydrogens (tertiary/aromatic N) is 1. The van der Waals surface area contributed by atoms with Crippen molar-refractivity contribution in [3.05, 3.63) is 42.4 Å². The quantitative estimate of drug-likeness (QED) is 0.746. The van der Waals surface area contributed by atoms with Crippen molar-refractivity contribution in [1.29, 1.82) is 0 Å². The predicted molar refractivity (Wildman–Crippen MR) is 74.4 cm³/mol. The number of amides is 1. The number of H-pyrrole nitrogens is 3. The van der Waals surface area contributed by atoms with Crippen molar-refractivity contribution >= 4 is 17.2 Å². The highest BCUT2D eigenvalue weighted by atomic mass is 32.1. The number of aromatic amines is 3. The Bertz CT molecular complexity index is 753. The topological polar surface area (TPSA) is 102 Å². The van der Waals surface area contributed by atoms with Crippen LogP contribution < -0.4 is 10.4 Å². The summed E-state index contributed by atoms with van der Waals surface area (Å²) in [5, 5.41) is 5.33. The first kappa shape index (κ1) is 12.9. The van der Waals surface area contributed by atoms with Gasteiger partial charge < -0.3 is 15.0 Å². The Hall–Kier alpha value is -2.09. The molecule has 0 aromatic carbocycles. The van der Waals surface area contributed by atoms with Crippen LogP contribution in [0.3, 0.4) is 0 Å². The summed E-state index contributed by atoms with van der Waals surface area (Å²) in [5.41, 5.74) is 1.03. The van der Waals surface area contributed by atoms with Crippen molar-refractivity contribution in [2.75, 3.05) is 13.1 Å². The second-order valence-corrected chi connectivity index (χ2v) is 6.08. The zero-order valence-electron chi connectivity index (χ0n) is 10.9. The smallest absolute Gasteiger partial charge is 0.305 e. The van der Waals surface area contributed by atoms with Gasteiger partial charge >= 0.3 is 4.87 Å². The number of thiazole rings is 1. The lowest BCUT2D eigenvalue weighted by atomic mass is 10.1. The molecule has 2 aromatic heterocycles. The zero-order chi connectivity index (χ0) is 14.3. The van der Waals surface area contributed by atoms with Crippen molar-refractivity contribution in [2.24, 2.45) is 0 Å². The van der Waals surface area contributed by atoms with Gasteiger partial charge in [-0.25, -0.2) is 0 Å². The lowest BCUT2D eigenvalue weighted by molar-refractivity contribution is 0.0785. The van der Waals surface area contributed by atoms with E-state index in [4.69, 9.17) is 0 Å². The molecular weight excluding hydrogens is 280 g/mol. The molecule has 1 atom stereocenters. The SMILES string of the molecule is Cc1sc(=O)[nH]c1C(=O)N1CCC(c2cc(=O)[nH][nH]2)C1. The van der Waals surface area contributed by atoms with Crippen LogP contribution in [0.2, 0.25) is 0 Å². The summed E-state index contributed by atoms with van der Waals surface area (Å²) < 4.78 is 0. The summed E-state index contributed by atoms with van der Waals surface area (Å²) in [6.07, 6.45) is 0.799. The van der Waals surface area contributed by atoms with Crippen molar-refractivity contribution < 1.29 is 4.79 Å². The fourth-order valence-electron chi connectivity index (χ4n) is 2.53. The number of carbonyl (C=O) groups is 1. The molecule has 8 heteroatoms. The highest BCUT2D eigenvalue weighted by Crippen LogP contribution is 2.26. The number of hydrogen-bond donors (Lipinski definition) is 3. The van der Waals surface area contributed by atoms with E-state index in [-0.39, 0.29) is 22.3 Å². The van der Waals surface area contributed by atoms with Crippen molar-refractivity contribution in [3.63, 3.8) is 0 Å². The van der Waals surface area contributed by atoms with Crippen LogP contribution in [0.15, 0.2) is 15.7 Å². The van der Waals surface area contributed by atoms with Crippen LogP contribution in [-0.4, -0.2) is 39.1 Å². The van der Waals surface area contributed by atoms with Gasteiger partial charge in [-0.1, -0.05) is 11.3 Å². The summed E-state index contributed by atoms with van der Waals surface area (Å²) in [4.78, 5) is 39.5. The third-order valence-corrected chi connectivity index (χ3v) is 4.37. The maximum atomic E-state index is 12.3. The number of rotatable bonds is 2. The first-order valence-electron chi connectivity index (χ1n) is 6.31. The van der Waals surface area contributed by atoms with Crippen LogP contribution >= 0.6 is 11.3 Å². The Morgan fingerprint density at radius 2 is 2.20 bits per heavy atom. The van der Waals surface area contributed by atoms with Gasteiger partial charge in [-0.05, 0) is 13.3 Å². The van der Waals surface area contributed by atoms with Crippen molar-refractivity contribution in [3.8, 4) is 0 Å². The molecule has 1 aliphatic rings. The van der Waals surface area contributed by atoms with Crippen LogP contribution in [0.1, 0.15) is 33.4 Å². The summed E-state index contributed by atoms with van der Waals surface area (Å²) in [6.45, 7) is 2.92. The zero-order valence-corrected chi connectivity index (χ0v) is 11.7. The fourth-order valence-corrected chi connectivity index (χ4v) is 3.21.